The van der Waals surface area contributed by atoms with E-state index in [0.717, 1.165) is 37.9 Å². The number of ether oxygens (including phenoxy) is 1. The fourth-order valence-corrected chi connectivity index (χ4v) is 3.28. The van der Waals surface area contributed by atoms with Gasteiger partial charge in [0, 0.05) is 6.61 Å². The number of aliphatic hydroxyl groups excluding tert-OH is 1. The molecule has 1 heterocycles. The summed E-state index contributed by atoms with van der Waals surface area (Å²) in [5, 5.41) is 19.3. The van der Waals surface area contributed by atoms with Crippen molar-refractivity contribution < 1.29 is 9.84 Å². The topological polar surface area (TPSA) is 53.2 Å². The third-order valence-corrected chi connectivity index (χ3v) is 4.62. The zero-order valence-corrected chi connectivity index (χ0v) is 11.0. The molecule has 3 heteroatoms. The van der Waals surface area contributed by atoms with Crippen molar-refractivity contribution in [1.29, 1.82) is 5.26 Å². The number of aliphatic hydroxyl groups is 1. The van der Waals surface area contributed by atoms with Crippen molar-refractivity contribution in [2.24, 2.45) is 5.92 Å². The molecule has 1 aromatic rings. The highest BCUT2D eigenvalue weighted by Crippen LogP contribution is 2.47. The number of nitriles is 1. The quantitative estimate of drug-likeness (QED) is 0.886. The second kappa shape index (κ2) is 4.96. The minimum absolute atomic E-state index is 0.0660. The van der Waals surface area contributed by atoms with Gasteiger partial charge in [0.25, 0.3) is 0 Å². The summed E-state index contributed by atoms with van der Waals surface area (Å²) in [6.45, 7) is 0.762. The van der Waals surface area contributed by atoms with Crippen molar-refractivity contribution in [2.45, 2.75) is 43.8 Å². The van der Waals surface area contributed by atoms with Crippen LogP contribution in [-0.2, 0) is 4.74 Å². The van der Waals surface area contributed by atoms with E-state index >= 15 is 0 Å². The van der Waals surface area contributed by atoms with Gasteiger partial charge in [0.1, 0.15) is 0 Å². The van der Waals surface area contributed by atoms with Gasteiger partial charge in [0.15, 0.2) is 0 Å². The molecule has 0 aromatic heterocycles. The lowest BCUT2D eigenvalue weighted by molar-refractivity contribution is -0.157. The molecule has 2 atom stereocenters. The predicted octanol–water partition coefficient (Wildman–Crippen LogP) is 2.94. The molecule has 1 saturated carbocycles. The fourth-order valence-electron chi connectivity index (χ4n) is 3.28. The van der Waals surface area contributed by atoms with E-state index in [1.165, 1.54) is 6.42 Å². The molecule has 1 N–H and O–H groups in total. The van der Waals surface area contributed by atoms with Gasteiger partial charge in [-0.25, -0.2) is 0 Å². The van der Waals surface area contributed by atoms with Crippen molar-refractivity contribution in [3.63, 3.8) is 0 Å². The summed E-state index contributed by atoms with van der Waals surface area (Å²) in [5.41, 5.74) is 1.62. The molecule has 0 radical (unpaired) electrons. The first-order valence-electron chi connectivity index (χ1n) is 7.05. The molecule has 0 bridgehead atoms. The van der Waals surface area contributed by atoms with Crippen LogP contribution in [0.5, 0.6) is 0 Å². The van der Waals surface area contributed by atoms with Crippen LogP contribution in [0.1, 0.15) is 49.3 Å². The first kappa shape index (κ1) is 12.7. The average molecular weight is 257 g/mol. The minimum Gasteiger partial charge on any atom is -0.388 e. The number of rotatable bonds is 2. The van der Waals surface area contributed by atoms with E-state index in [-0.39, 0.29) is 11.5 Å². The highest BCUT2D eigenvalue weighted by atomic mass is 16.5. The Morgan fingerprint density at radius 3 is 2.63 bits per heavy atom. The maximum absolute atomic E-state index is 10.5. The molecule has 100 valence electrons. The van der Waals surface area contributed by atoms with Gasteiger partial charge in [-0.2, -0.15) is 5.26 Å². The number of benzene rings is 1. The number of nitrogens with zero attached hydrogens (tertiary/aromatic N) is 1. The Morgan fingerprint density at radius 1 is 1.32 bits per heavy atom. The molecule has 2 unspecified atom stereocenters. The molecule has 3 nitrogen and oxygen atoms in total. The summed E-state index contributed by atoms with van der Waals surface area (Å²) < 4.78 is 5.90. The van der Waals surface area contributed by atoms with E-state index in [1.807, 2.05) is 12.1 Å². The van der Waals surface area contributed by atoms with Crippen LogP contribution in [0.3, 0.4) is 0 Å². The molecular formula is C16H19NO2. The molecule has 1 spiro atoms. The van der Waals surface area contributed by atoms with E-state index in [0.29, 0.717) is 5.56 Å². The molecular weight excluding hydrogens is 238 g/mol. The van der Waals surface area contributed by atoms with Crippen molar-refractivity contribution in [3.05, 3.63) is 35.4 Å². The van der Waals surface area contributed by atoms with Gasteiger partial charge in [0.2, 0.25) is 0 Å². The Kier molecular flexibility index (Phi) is 3.30. The van der Waals surface area contributed by atoms with Gasteiger partial charge in [-0.3, -0.25) is 0 Å². The molecule has 1 aromatic carbocycles. The summed E-state index contributed by atoms with van der Waals surface area (Å²) in [4.78, 5) is 0. The van der Waals surface area contributed by atoms with E-state index in [2.05, 4.69) is 6.07 Å². The molecule has 1 saturated heterocycles. The first-order valence-corrected chi connectivity index (χ1v) is 7.05. The Morgan fingerprint density at radius 2 is 2.05 bits per heavy atom. The summed E-state index contributed by atoms with van der Waals surface area (Å²) in [7, 11) is 0. The summed E-state index contributed by atoms with van der Waals surface area (Å²) in [5.74, 6) is 0.280. The Bertz CT molecular complexity index is 484. The molecule has 2 aliphatic rings. The van der Waals surface area contributed by atoms with Crippen LogP contribution >= 0.6 is 0 Å². The summed E-state index contributed by atoms with van der Waals surface area (Å²) >= 11 is 0. The van der Waals surface area contributed by atoms with Crippen LogP contribution in [-0.4, -0.2) is 17.3 Å². The maximum Gasteiger partial charge on any atom is 0.0991 e. The van der Waals surface area contributed by atoms with Gasteiger partial charge >= 0.3 is 0 Å². The zero-order valence-electron chi connectivity index (χ0n) is 11.0. The lowest BCUT2D eigenvalue weighted by Crippen LogP contribution is -2.46. The highest BCUT2D eigenvalue weighted by molar-refractivity contribution is 5.32. The van der Waals surface area contributed by atoms with Crippen molar-refractivity contribution >= 4 is 0 Å². The Labute approximate surface area is 113 Å². The zero-order chi connectivity index (χ0) is 13.3. The monoisotopic (exact) mass is 257 g/mol. The van der Waals surface area contributed by atoms with Crippen LogP contribution in [0, 0.1) is 17.2 Å². The Hall–Kier alpha value is -1.37. The van der Waals surface area contributed by atoms with Gasteiger partial charge in [-0.15, -0.1) is 0 Å². The van der Waals surface area contributed by atoms with Crippen LogP contribution in [0.4, 0.5) is 0 Å². The lowest BCUT2D eigenvalue weighted by Gasteiger charge is -2.48. The fraction of sp³-hybridized carbons (Fsp3) is 0.562. The lowest BCUT2D eigenvalue weighted by atomic mass is 9.70. The van der Waals surface area contributed by atoms with Crippen LogP contribution in [0.15, 0.2) is 24.3 Å². The molecule has 19 heavy (non-hydrogen) atoms. The van der Waals surface area contributed by atoms with E-state index in [4.69, 9.17) is 10.00 Å². The minimum atomic E-state index is -0.436. The molecule has 1 aliphatic heterocycles. The van der Waals surface area contributed by atoms with E-state index in [9.17, 15) is 5.11 Å². The largest absolute Gasteiger partial charge is 0.388 e. The predicted molar refractivity (Wildman–Crippen MR) is 71.4 cm³/mol. The molecule has 2 fully saturated rings. The average Bonchev–Trinajstić information content (AvgIpc) is 2.45. The van der Waals surface area contributed by atoms with Crippen LogP contribution in [0.25, 0.3) is 0 Å². The third kappa shape index (κ3) is 2.39. The highest BCUT2D eigenvalue weighted by Gasteiger charge is 2.44. The molecule has 0 amide bonds. The molecule has 1 aliphatic carbocycles. The number of hydrogen-bond donors (Lipinski definition) is 1. The first-order chi connectivity index (χ1) is 9.22. The third-order valence-electron chi connectivity index (χ3n) is 4.62. The Balaban J connectivity index is 1.72. The second-order valence-electron chi connectivity index (χ2n) is 5.82. The van der Waals surface area contributed by atoms with Gasteiger partial charge < -0.3 is 9.84 Å². The van der Waals surface area contributed by atoms with Crippen molar-refractivity contribution in [3.8, 4) is 6.07 Å². The van der Waals surface area contributed by atoms with Gasteiger partial charge in [-0.1, -0.05) is 12.1 Å². The summed E-state index contributed by atoms with van der Waals surface area (Å²) in [6, 6.07) is 9.39. The maximum atomic E-state index is 10.5. The molecule has 3 rings (SSSR count). The van der Waals surface area contributed by atoms with E-state index < -0.39 is 6.10 Å². The van der Waals surface area contributed by atoms with Crippen LogP contribution in [0.2, 0.25) is 0 Å². The second-order valence-corrected chi connectivity index (χ2v) is 5.82. The normalized spacial score (nSPS) is 26.4. The van der Waals surface area contributed by atoms with Crippen molar-refractivity contribution in [1.82, 2.24) is 0 Å². The van der Waals surface area contributed by atoms with Crippen molar-refractivity contribution in [2.75, 3.05) is 6.61 Å². The summed E-state index contributed by atoms with van der Waals surface area (Å²) in [6.07, 6.45) is 4.98. The number of hydrogen-bond acceptors (Lipinski definition) is 3. The van der Waals surface area contributed by atoms with Crippen LogP contribution < -0.4 is 0 Å². The SMILES string of the molecule is N#Cc1ccc(C(O)C2CCOC3(CCC3)C2)cc1. The standard InChI is InChI=1S/C16H19NO2/c17-11-12-2-4-13(5-3-12)15(18)14-6-9-19-16(10-14)7-1-8-16/h2-5,14-15,18H,1,6-10H2. The van der Waals surface area contributed by atoms with Gasteiger partial charge in [0.05, 0.1) is 23.3 Å². The van der Waals surface area contributed by atoms with E-state index in [1.54, 1.807) is 12.1 Å². The smallest absolute Gasteiger partial charge is 0.0991 e. The van der Waals surface area contributed by atoms with Gasteiger partial charge in [-0.05, 0) is 55.7 Å².